The van der Waals surface area contributed by atoms with Gasteiger partial charge in [-0.2, -0.15) is 8.70 Å². The highest BCUT2D eigenvalue weighted by Gasteiger charge is 2.39. The van der Waals surface area contributed by atoms with E-state index in [4.69, 9.17) is 0 Å². The lowest BCUT2D eigenvalue weighted by atomic mass is 10.0. The van der Waals surface area contributed by atoms with Crippen molar-refractivity contribution in [2.24, 2.45) is 5.92 Å². The number of carbonyl (C=O) groups is 2. The molecule has 208 valence electrons. The zero-order valence-electron chi connectivity index (χ0n) is 21.0. The molecule has 1 aliphatic rings. The normalized spacial score (nSPS) is 17.3. The van der Waals surface area contributed by atoms with E-state index in [1.165, 1.54) is 12.3 Å². The van der Waals surface area contributed by atoms with Gasteiger partial charge >= 0.3 is 0 Å². The highest BCUT2D eigenvalue weighted by molar-refractivity contribution is 7.88. The summed E-state index contributed by atoms with van der Waals surface area (Å²) in [6.07, 6.45) is 2.63. The quantitative estimate of drug-likeness (QED) is 0.344. The summed E-state index contributed by atoms with van der Waals surface area (Å²) in [6, 6.07) is 1.21. The van der Waals surface area contributed by atoms with E-state index in [-0.39, 0.29) is 31.8 Å². The Morgan fingerprint density at radius 2 is 1.79 bits per heavy atom. The summed E-state index contributed by atoms with van der Waals surface area (Å²) >= 11 is 0. The molecule has 1 aliphatic heterocycles. The lowest BCUT2D eigenvalue weighted by Gasteiger charge is -2.34. The number of rotatable bonds is 10. The standard InChI is InChI=1S/C25H30F4N4O4S/c1-15(2)9-21(24(34)31-13-16-6-7-23(29)30-12-16)32-25(35)22-5-3-4-8-33(22)38(36,37)14-18-19(27)10-17(26)11-20(18)28/h6-7,10-12,15,21-22H,3-5,8-9,13-14H2,1-2H3,(H,31,34)(H,32,35). The average Bonchev–Trinajstić information content (AvgIpc) is 2.85. The molecule has 8 nitrogen and oxygen atoms in total. The van der Waals surface area contributed by atoms with Crippen LogP contribution >= 0.6 is 0 Å². The summed E-state index contributed by atoms with van der Waals surface area (Å²) < 4.78 is 81.8. The van der Waals surface area contributed by atoms with Gasteiger partial charge in [0.15, 0.2) is 0 Å². The Morgan fingerprint density at radius 1 is 1.11 bits per heavy atom. The van der Waals surface area contributed by atoms with E-state index in [0.717, 1.165) is 10.4 Å². The second-order valence-corrected chi connectivity index (χ2v) is 11.5. The van der Waals surface area contributed by atoms with Gasteiger partial charge in [-0.25, -0.2) is 26.6 Å². The highest BCUT2D eigenvalue weighted by Crippen LogP contribution is 2.26. The van der Waals surface area contributed by atoms with Gasteiger partial charge in [0, 0.05) is 37.0 Å². The second kappa shape index (κ2) is 12.7. The summed E-state index contributed by atoms with van der Waals surface area (Å²) in [4.78, 5) is 29.7. The van der Waals surface area contributed by atoms with Gasteiger partial charge < -0.3 is 10.6 Å². The molecule has 2 amide bonds. The number of halogens is 4. The Bertz CT molecular complexity index is 1240. The minimum Gasteiger partial charge on any atom is -0.350 e. The zero-order valence-corrected chi connectivity index (χ0v) is 21.8. The molecule has 2 heterocycles. The van der Waals surface area contributed by atoms with Gasteiger partial charge in [-0.3, -0.25) is 9.59 Å². The number of nitrogens with zero attached hydrogens (tertiary/aromatic N) is 2. The van der Waals surface area contributed by atoms with Crippen LogP contribution in [0, 0.1) is 29.3 Å². The summed E-state index contributed by atoms with van der Waals surface area (Å²) in [5.41, 5.74) is -0.275. The molecular weight excluding hydrogens is 528 g/mol. The van der Waals surface area contributed by atoms with E-state index in [1.807, 2.05) is 13.8 Å². The molecule has 0 saturated carbocycles. The van der Waals surface area contributed by atoms with Crippen LogP contribution in [0.5, 0.6) is 0 Å². The Labute approximate surface area is 218 Å². The number of hydrogen-bond acceptors (Lipinski definition) is 5. The molecule has 2 aromatic rings. The van der Waals surface area contributed by atoms with Crippen LogP contribution in [0.2, 0.25) is 0 Å². The number of carbonyl (C=O) groups excluding carboxylic acids is 2. The third-order valence-corrected chi connectivity index (χ3v) is 7.95. The zero-order chi connectivity index (χ0) is 28.0. The monoisotopic (exact) mass is 558 g/mol. The maximum absolute atomic E-state index is 14.2. The molecule has 0 bridgehead atoms. The number of sulfonamides is 1. The van der Waals surface area contributed by atoms with Crippen LogP contribution < -0.4 is 10.6 Å². The van der Waals surface area contributed by atoms with E-state index >= 15 is 0 Å². The van der Waals surface area contributed by atoms with Crippen molar-refractivity contribution in [1.82, 2.24) is 19.9 Å². The maximum Gasteiger partial charge on any atom is 0.242 e. The minimum absolute atomic E-state index is 0.00541. The van der Waals surface area contributed by atoms with Crippen molar-refractivity contribution in [2.45, 2.75) is 63.9 Å². The summed E-state index contributed by atoms with van der Waals surface area (Å²) in [7, 11) is -4.39. The van der Waals surface area contributed by atoms with Gasteiger partial charge in [-0.1, -0.05) is 26.3 Å². The third kappa shape index (κ3) is 7.73. The van der Waals surface area contributed by atoms with Gasteiger partial charge in [0.05, 0.1) is 5.75 Å². The number of benzene rings is 1. The van der Waals surface area contributed by atoms with E-state index in [2.05, 4.69) is 15.6 Å². The SMILES string of the molecule is CC(C)CC(NC(=O)C1CCCCN1S(=O)(=O)Cc1c(F)cc(F)cc1F)C(=O)NCc1ccc(F)nc1. The van der Waals surface area contributed by atoms with Crippen molar-refractivity contribution < 1.29 is 35.6 Å². The minimum atomic E-state index is -4.39. The maximum atomic E-state index is 14.2. The van der Waals surface area contributed by atoms with E-state index in [0.29, 0.717) is 30.5 Å². The average molecular weight is 559 g/mol. The van der Waals surface area contributed by atoms with Crippen LogP contribution in [-0.2, 0) is 31.9 Å². The predicted octanol–water partition coefficient (Wildman–Crippen LogP) is 3.17. The van der Waals surface area contributed by atoms with Crippen LogP contribution in [0.1, 0.15) is 50.7 Å². The Balaban J connectivity index is 1.74. The number of pyridine rings is 1. The van der Waals surface area contributed by atoms with Gasteiger partial charge in [0.2, 0.25) is 27.8 Å². The molecule has 2 N–H and O–H groups in total. The van der Waals surface area contributed by atoms with Crippen LogP contribution in [0.4, 0.5) is 17.6 Å². The first-order valence-electron chi connectivity index (χ1n) is 12.2. The lowest BCUT2D eigenvalue weighted by Crippen LogP contribution is -2.56. The number of piperidine rings is 1. The van der Waals surface area contributed by atoms with Crippen molar-refractivity contribution in [3.05, 3.63) is 65.0 Å². The van der Waals surface area contributed by atoms with Crippen molar-refractivity contribution in [3.8, 4) is 0 Å². The Kier molecular flexibility index (Phi) is 9.82. The second-order valence-electron chi connectivity index (χ2n) is 9.62. The van der Waals surface area contributed by atoms with E-state index in [1.54, 1.807) is 0 Å². The molecule has 1 fully saturated rings. The molecule has 1 saturated heterocycles. The number of nitrogens with one attached hydrogen (secondary N) is 2. The van der Waals surface area contributed by atoms with Crippen LogP contribution in [-0.4, -0.2) is 48.1 Å². The van der Waals surface area contributed by atoms with Crippen LogP contribution in [0.25, 0.3) is 0 Å². The van der Waals surface area contributed by atoms with Crippen molar-refractivity contribution in [1.29, 1.82) is 0 Å². The molecular formula is C25H30F4N4O4S. The first-order valence-corrected chi connectivity index (χ1v) is 13.8. The highest BCUT2D eigenvalue weighted by atomic mass is 32.2. The smallest absolute Gasteiger partial charge is 0.242 e. The molecule has 0 aliphatic carbocycles. The number of amides is 2. The van der Waals surface area contributed by atoms with Crippen LogP contribution in [0.3, 0.4) is 0 Å². The largest absolute Gasteiger partial charge is 0.350 e. The molecule has 1 aromatic carbocycles. The fourth-order valence-electron chi connectivity index (χ4n) is 4.27. The molecule has 13 heteroatoms. The Morgan fingerprint density at radius 3 is 2.39 bits per heavy atom. The number of hydrogen-bond donors (Lipinski definition) is 2. The summed E-state index contributed by atoms with van der Waals surface area (Å²) in [5.74, 6) is -6.84. The summed E-state index contributed by atoms with van der Waals surface area (Å²) in [6.45, 7) is 3.68. The van der Waals surface area contributed by atoms with Gasteiger partial charge in [-0.05, 0) is 36.8 Å². The predicted molar refractivity (Wildman–Crippen MR) is 131 cm³/mol. The molecule has 2 unspecified atom stereocenters. The first kappa shape index (κ1) is 29.5. The first-order chi connectivity index (χ1) is 17.9. The van der Waals surface area contributed by atoms with Crippen LogP contribution in [0.15, 0.2) is 30.5 Å². The van der Waals surface area contributed by atoms with Gasteiger partial charge in [0.25, 0.3) is 0 Å². The molecule has 38 heavy (non-hydrogen) atoms. The molecule has 2 atom stereocenters. The van der Waals surface area contributed by atoms with E-state index in [9.17, 15) is 35.6 Å². The fraction of sp³-hybridized carbons (Fsp3) is 0.480. The number of aromatic nitrogens is 1. The van der Waals surface area contributed by atoms with E-state index < -0.39 is 68.6 Å². The molecule has 0 radical (unpaired) electrons. The molecule has 0 spiro atoms. The fourth-order valence-corrected chi connectivity index (χ4v) is 6.07. The van der Waals surface area contributed by atoms with Crippen molar-refractivity contribution in [3.63, 3.8) is 0 Å². The topological polar surface area (TPSA) is 108 Å². The lowest BCUT2D eigenvalue weighted by molar-refractivity contribution is -0.132. The third-order valence-electron chi connectivity index (χ3n) is 6.14. The van der Waals surface area contributed by atoms with Gasteiger partial charge in [-0.15, -0.1) is 0 Å². The summed E-state index contributed by atoms with van der Waals surface area (Å²) in [5, 5.41) is 5.29. The Hall–Kier alpha value is -3.06. The molecule has 3 rings (SSSR count). The van der Waals surface area contributed by atoms with Crippen molar-refractivity contribution >= 4 is 21.8 Å². The van der Waals surface area contributed by atoms with Crippen molar-refractivity contribution in [2.75, 3.05) is 6.54 Å². The van der Waals surface area contributed by atoms with Gasteiger partial charge in [0.1, 0.15) is 29.5 Å². The molecule has 1 aromatic heterocycles.